The zero-order valence-corrected chi connectivity index (χ0v) is 13.5. The SMILES string of the molecule is Cc1cc(C)n(-c2nncn2/N=C\c2ccc(Cl)c([N+](=O)[O-])c2)n1. The molecule has 0 aliphatic carbocycles. The number of halogens is 1. The first kappa shape index (κ1) is 15.8. The molecule has 3 rings (SSSR count). The molecular weight excluding hydrogens is 334 g/mol. The molecular formula is C14H12ClN7O2. The van der Waals surface area contributed by atoms with Crippen LogP contribution in [0.3, 0.4) is 0 Å². The van der Waals surface area contributed by atoms with E-state index in [4.69, 9.17) is 11.6 Å². The first-order chi connectivity index (χ1) is 11.5. The van der Waals surface area contributed by atoms with Crippen molar-refractivity contribution in [3.05, 3.63) is 62.7 Å². The molecule has 1 aromatic carbocycles. The molecule has 0 radical (unpaired) electrons. The maximum atomic E-state index is 10.9. The third-order valence-electron chi connectivity index (χ3n) is 3.21. The number of rotatable bonds is 4. The van der Waals surface area contributed by atoms with E-state index >= 15 is 0 Å². The maximum Gasteiger partial charge on any atom is 0.288 e. The smallest absolute Gasteiger partial charge is 0.258 e. The quantitative estimate of drug-likeness (QED) is 0.410. The molecule has 0 amide bonds. The minimum absolute atomic E-state index is 0.0739. The Labute approximate surface area is 141 Å². The number of nitrogens with zero attached hydrogens (tertiary/aromatic N) is 7. The van der Waals surface area contributed by atoms with Crippen molar-refractivity contribution in [3.63, 3.8) is 0 Å². The van der Waals surface area contributed by atoms with Crippen LogP contribution in [0.1, 0.15) is 17.0 Å². The third-order valence-corrected chi connectivity index (χ3v) is 3.53. The standard InChI is InChI=1S/C14H12ClN7O2/c1-9-5-10(2)21(19-9)14-18-16-8-20(14)17-7-11-3-4-12(15)13(6-11)22(23)24/h3-8H,1-2H3/b17-7-. The molecule has 3 aromatic rings. The fraction of sp³-hybridized carbons (Fsp3) is 0.143. The van der Waals surface area contributed by atoms with Gasteiger partial charge in [0.2, 0.25) is 0 Å². The average molecular weight is 346 g/mol. The van der Waals surface area contributed by atoms with Gasteiger partial charge < -0.3 is 0 Å². The van der Waals surface area contributed by atoms with Crippen molar-refractivity contribution in [2.24, 2.45) is 5.10 Å². The van der Waals surface area contributed by atoms with Crippen molar-refractivity contribution in [2.45, 2.75) is 13.8 Å². The Bertz CT molecular complexity index is 945. The van der Waals surface area contributed by atoms with Gasteiger partial charge in [-0.15, -0.1) is 10.2 Å². The third kappa shape index (κ3) is 3.01. The van der Waals surface area contributed by atoms with Crippen LogP contribution in [0.25, 0.3) is 5.95 Å². The Morgan fingerprint density at radius 1 is 1.33 bits per heavy atom. The first-order valence-electron chi connectivity index (χ1n) is 6.87. The van der Waals surface area contributed by atoms with Gasteiger partial charge in [-0.25, -0.2) is 4.68 Å². The topological polar surface area (TPSA) is 104 Å². The van der Waals surface area contributed by atoms with Gasteiger partial charge >= 0.3 is 0 Å². The van der Waals surface area contributed by atoms with Crippen LogP contribution in [-0.2, 0) is 0 Å². The summed E-state index contributed by atoms with van der Waals surface area (Å²) >= 11 is 5.79. The monoisotopic (exact) mass is 345 g/mol. The Kier molecular flexibility index (Phi) is 4.09. The number of hydrogen-bond donors (Lipinski definition) is 0. The molecule has 0 unspecified atom stereocenters. The summed E-state index contributed by atoms with van der Waals surface area (Å²) < 4.78 is 3.05. The highest BCUT2D eigenvalue weighted by molar-refractivity contribution is 6.32. The number of hydrogen-bond acceptors (Lipinski definition) is 6. The molecule has 0 spiro atoms. The van der Waals surface area contributed by atoms with E-state index in [1.165, 1.54) is 29.4 Å². The van der Waals surface area contributed by atoms with Crippen molar-refractivity contribution < 1.29 is 4.92 Å². The van der Waals surface area contributed by atoms with Gasteiger partial charge in [-0.1, -0.05) is 17.7 Å². The largest absolute Gasteiger partial charge is 0.288 e. The van der Waals surface area contributed by atoms with E-state index in [1.54, 1.807) is 10.7 Å². The van der Waals surface area contributed by atoms with Gasteiger partial charge in [0, 0.05) is 17.3 Å². The highest BCUT2D eigenvalue weighted by atomic mass is 35.5. The van der Waals surface area contributed by atoms with Gasteiger partial charge in [0.1, 0.15) is 11.3 Å². The van der Waals surface area contributed by atoms with Gasteiger partial charge in [0.05, 0.1) is 16.8 Å². The predicted molar refractivity (Wildman–Crippen MR) is 87.7 cm³/mol. The van der Waals surface area contributed by atoms with Crippen LogP contribution >= 0.6 is 11.6 Å². The highest BCUT2D eigenvalue weighted by Crippen LogP contribution is 2.24. The highest BCUT2D eigenvalue weighted by Gasteiger charge is 2.13. The Balaban J connectivity index is 1.94. The molecule has 9 nitrogen and oxygen atoms in total. The molecule has 2 heterocycles. The zero-order valence-electron chi connectivity index (χ0n) is 12.8. The number of aromatic nitrogens is 5. The lowest BCUT2D eigenvalue weighted by atomic mass is 10.2. The molecule has 122 valence electrons. The molecule has 0 saturated heterocycles. The minimum Gasteiger partial charge on any atom is -0.258 e. The molecule has 0 aliphatic rings. The molecule has 0 atom stereocenters. The second kappa shape index (κ2) is 6.20. The Morgan fingerprint density at radius 2 is 2.12 bits per heavy atom. The maximum absolute atomic E-state index is 10.9. The average Bonchev–Trinajstić information content (AvgIpc) is 3.11. The molecule has 10 heteroatoms. The van der Waals surface area contributed by atoms with Crippen molar-refractivity contribution in [1.29, 1.82) is 0 Å². The van der Waals surface area contributed by atoms with Crippen molar-refractivity contribution in [2.75, 3.05) is 0 Å². The molecule has 0 saturated carbocycles. The molecule has 0 N–H and O–H groups in total. The molecule has 24 heavy (non-hydrogen) atoms. The van der Waals surface area contributed by atoms with E-state index in [1.807, 2.05) is 19.9 Å². The van der Waals surface area contributed by atoms with Gasteiger partial charge in [-0.3, -0.25) is 10.1 Å². The number of nitro benzene ring substituents is 1. The summed E-state index contributed by atoms with van der Waals surface area (Å²) in [5, 5.41) is 27.4. The summed E-state index contributed by atoms with van der Waals surface area (Å²) in [5.74, 6) is 0.417. The van der Waals surface area contributed by atoms with Crippen LogP contribution in [0.4, 0.5) is 5.69 Å². The molecule has 0 fully saturated rings. The van der Waals surface area contributed by atoms with E-state index < -0.39 is 4.92 Å². The van der Waals surface area contributed by atoms with Crippen LogP contribution in [-0.4, -0.2) is 35.8 Å². The fourth-order valence-electron chi connectivity index (χ4n) is 2.15. The van der Waals surface area contributed by atoms with Gasteiger partial charge in [0.25, 0.3) is 11.6 Å². The first-order valence-corrected chi connectivity index (χ1v) is 7.25. The van der Waals surface area contributed by atoms with Gasteiger partial charge in [-0.2, -0.15) is 14.9 Å². The minimum atomic E-state index is -0.542. The van der Waals surface area contributed by atoms with Gasteiger partial charge in [-0.05, 0) is 26.0 Å². The molecule has 0 aliphatic heterocycles. The van der Waals surface area contributed by atoms with E-state index in [9.17, 15) is 10.1 Å². The second-order valence-electron chi connectivity index (χ2n) is 5.03. The van der Waals surface area contributed by atoms with Crippen LogP contribution in [0.15, 0.2) is 35.7 Å². The fourth-order valence-corrected chi connectivity index (χ4v) is 2.34. The molecule has 2 aromatic heterocycles. The van der Waals surface area contributed by atoms with E-state index in [2.05, 4.69) is 20.4 Å². The van der Waals surface area contributed by atoms with Crippen molar-refractivity contribution in [3.8, 4) is 5.95 Å². The zero-order chi connectivity index (χ0) is 17.3. The number of benzene rings is 1. The Morgan fingerprint density at radius 3 is 2.79 bits per heavy atom. The van der Waals surface area contributed by atoms with E-state index in [-0.39, 0.29) is 10.7 Å². The summed E-state index contributed by atoms with van der Waals surface area (Å²) in [4.78, 5) is 10.4. The Hall–Kier alpha value is -3.07. The van der Waals surface area contributed by atoms with Gasteiger partial charge in [0.15, 0.2) is 0 Å². The summed E-state index contributed by atoms with van der Waals surface area (Å²) in [7, 11) is 0. The van der Waals surface area contributed by atoms with Crippen LogP contribution < -0.4 is 0 Å². The number of aryl methyl sites for hydroxylation is 2. The predicted octanol–water partition coefficient (Wildman–Crippen LogP) is 2.52. The summed E-state index contributed by atoms with van der Waals surface area (Å²) in [5.41, 5.74) is 2.08. The lowest BCUT2D eigenvalue weighted by molar-refractivity contribution is -0.384. The summed E-state index contributed by atoms with van der Waals surface area (Å²) in [6.07, 6.45) is 2.88. The van der Waals surface area contributed by atoms with Crippen LogP contribution in [0, 0.1) is 24.0 Å². The normalized spacial score (nSPS) is 11.3. The van der Waals surface area contributed by atoms with E-state index in [0.717, 1.165) is 11.4 Å². The number of nitro groups is 1. The van der Waals surface area contributed by atoms with Crippen molar-refractivity contribution in [1.82, 2.24) is 24.7 Å². The molecule has 0 bridgehead atoms. The van der Waals surface area contributed by atoms with Crippen LogP contribution in [0.5, 0.6) is 0 Å². The lowest BCUT2D eigenvalue weighted by Crippen LogP contribution is -2.06. The summed E-state index contributed by atoms with van der Waals surface area (Å²) in [6.45, 7) is 3.77. The van der Waals surface area contributed by atoms with Crippen LogP contribution in [0.2, 0.25) is 5.02 Å². The second-order valence-corrected chi connectivity index (χ2v) is 5.43. The lowest BCUT2D eigenvalue weighted by Gasteiger charge is -2.02. The summed E-state index contributed by atoms with van der Waals surface area (Å²) in [6, 6.07) is 6.34. The van der Waals surface area contributed by atoms with Crippen molar-refractivity contribution >= 4 is 23.5 Å². The van der Waals surface area contributed by atoms with E-state index in [0.29, 0.717) is 11.5 Å².